The zero-order valence-corrected chi connectivity index (χ0v) is 15.1. The van der Waals surface area contributed by atoms with E-state index in [1.54, 1.807) is 42.6 Å². The lowest BCUT2D eigenvalue weighted by Crippen LogP contribution is -2.20. The minimum atomic E-state index is -0.318. The third kappa shape index (κ3) is 3.81. The molecule has 0 bridgehead atoms. The van der Waals surface area contributed by atoms with Crippen molar-refractivity contribution in [2.24, 2.45) is 0 Å². The highest BCUT2D eigenvalue weighted by Crippen LogP contribution is 2.31. The third-order valence-electron chi connectivity index (χ3n) is 4.60. The van der Waals surface area contributed by atoms with Gasteiger partial charge in [-0.1, -0.05) is 12.1 Å². The highest BCUT2D eigenvalue weighted by atomic mass is 19.1. The van der Waals surface area contributed by atoms with Crippen molar-refractivity contribution < 1.29 is 18.7 Å². The molecule has 2 aromatic carbocycles. The number of pyridine rings is 1. The Hall–Kier alpha value is -3.41. The van der Waals surface area contributed by atoms with Crippen molar-refractivity contribution in [2.75, 3.05) is 13.2 Å². The van der Waals surface area contributed by atoms with Gasteiger partial charge < -0.3 is 14.0 Å². The Bertz CT molecular complexity index is 1070. The zero-order valence-electron chi connectivity index (χ0n) is 15.1. The van der Waals surface area contributed by atoms with Crippen LogP contribution in [-0.4, -0.2) is 23.6 Å². The number of carbonyl (C=O) groups is 1. The Balaban J connectivity index is 1.50. The maximum atomic E-state index is 13.1. The fourth-order valence-corrected chi connectivity index (χ4v) is 3.10. The van der Waals surface area contributed by atoms with Gasteiger partial charge in [0.1, 0.15) is 19.0 Å². The Morgan fingerprint density at radius 2 is 1.64 bits per heavy atom. The van der Waals surface area contributed by atoms with Crippen LogP contribution in [0.4, 0.5) is 4.39 Å². The van der Waals surface area contributed by atoms with E-state index in [-0.39, 0.29) is 30.1 Å². The van der Waals surface area contributed by atoms with Crippen molar-refractivity contribution in [1.82, 2.24) is 4.57 Å². The lowest BCUT2D eigenvalue weighted by Gasteiger charge is -2.18. The second kappa shape index (κ2) is 7.68. The molecule has 0 fully saturated rings. The molecule has 0 aliphatic carbocycles. The number of rotatable bonds is 5. The van der Waals surface area contributed by atoms with E-state index in [9.17, 15) is 14.0 Å². The van der Waals surface area contributed by atoms with Crippen LogP contribution >= 0.6 is 0 Å². The van der Waals surface area contributed by atoms with Crippen LogP contribution in [0.1, 0.15) is 16.8 Å². The smallest absolute Gasteiger partial charge is 0.250 e. The van der Waals surface area contributed by atoms with Crippen LogP contribution in [0.15, 0.2) is 65.6 Å². The lowest BCUT2D eigenvalue weighted by atomic mass is 10.1. The maximum Gasteiger partial charge on any atom is 0.250 e. The van der Waals surface area contributed by atoms with Gasteiger partial charge in [-0.3, -0.25) is 9.59 Å². The summed E-state index contributed by atoms with van der Waals surface area (Å²) in [4.78, 5) is 24.7. The van der Waals surface area contributed by atoms with Gasteiger partial charge in [0.25, 0.3) is 5.56 Å². The molecule has 0 spiro atoms. The molecule has 0 saturated heterocycles. The first-order valence-corrected chi connectivity index (χ1v) is 8.99. The van der Waals surface area contributed by atoms with Gasteiger partial charge >= 0.3 is 0 Å². The maximum absolute atomic E-state index is 13.1. The standard InChI is InChI=1S/C22H18FNO4/c23-18-5-1-15(2-6-18)17-4-8-22(26)24(14-17)10-9-19(25)16-3-7-20-21(13-16)28-12-11-27-20/h1-8,13-14H,9-12H2. The molecule has 0 atom stereocenters. The SMILES string of the molecule is O=C(CCn1cc(-c2ccc(F)cc2)ccc1=O)c1ccc2c(c1)OCCO2. The number of nitrogens with zero attached hydrogens (tertiary/aromatic N) is 1. The number of hydrogen-bond donors (Lipinski definition) is 0. The monoisotopic (exact) mass is 379 g/mol. The summed E-state index contributed by atoms with van der Waals surface area (Å²) >= 11 is 0. The summed E-state index contributed by atoms with van der Waals surface area (Å²) in [5.74, 6) is 0.789. The van der Waals surface area contributed by atoms with Gasteiger partial charge in [-0.25, -0.2) is 4.39 Å². The first kappa shape index (κ1) is 18.0. The van der Waals surface area contributed by atoms with E-state index >= 15 is 0 Å². The predicted octanol–water partition coefficient (Wildman–Crippen LogP) is 3.70. The van der Waals surface area contributed by atoms with E-state index in [0.29, 0.717) is 30.3 Å². The number of aromatic nitrogens is 1. The Morgan fingerprint density at radius 3 is 2.43 bits per heavy atom. The van der Waals surface area contributed by atoms with E-state index in [1.165, 1.54) is 22.8 Å². The summed E-state index contributed by atoms with van der Waals surface area (Å²) in [6, 6.07) is 14.3. The first-order chi connectivity index (χ1) is 13.6. The molecule has 2 heterocycles. The van der Waals surface area contributed by atoms with Gasteiger partial charge in [0.2, 0.25) is 0 Å². The van der Waals surface area contributed by atoms with Crippen LogP contribution in [-0.2, 0) is 6.54 Å². The summed E-state index contributed by atoms with van der Waals surface area (Å²) in [6.07, 6.45) is 1.86. The second-order valence-corrected chi connectivity index (χ2v) is 6.49. The summed E-state index contributed by atoms with van der Waals surface area (Å²) in [5.41, 5.74) is 1.91. The Kier molecular flexibility index (Phi) is 4.93. The molecule has 5 nitrogen and oxygen atoms in total. The van der Waals surface area contributed by atoms with Crippen LogP contribution in [0.2, 0.25) is 0 Å². The van der Waals surface area contributed by atoms with Crippen molar-refractivity contribution in [3.63, 3.8) is 0 Å². The molecular formula is C22H18FNO4. The van der Waals surface area contributed by atoms with Crippen molar-refractivity contribution in [1.29, 1.82) is 0 Å². The summed E-state index contributed by atoms with van der Waals surface area (Å²) < 4.78 is 25.6. The molecule has 4 rings (SSSR count). The fraction of sp³-hybridized carbons (Fsp3) is 0.182. The molecule has 0 unspecified atom stereocenters. The number of fused-ring (bicyclic) bond motifs is 1. The minimum absolute atomic E-state index is 0.0870. The summed E-state index contributed by atoms with van der Waals surface area (Å²) in [5, 5.41) is 0. The van der Waals surface area contributed by atoms with Crippen LogP contribution in [0.25, 0.3) is 11.1 Å². The van der Waals surface area contributed by atoms with E-state index < -0.39 is 0 Å². The largest absolute Gasteiger partial charge is 0.486 e. The molecule has 142 valence electrons. The topological polar surface area (TPSA) is 57.5 Å². The van der Waals surface area contributed by atoms with Crippen LogP contribution in [0, 0.1) is 5.82 Å². The van der Waals surface area contributed by atoms with Gasteiger partial charge in [0, 0.05) is 30.8 Å². The van der Waals surface area contributed by atoms with Crippen molar-refractivity contribution in [3.8, 4) is 22.6 Å². The number of ether oxygens (including phenoxy) is 2. The van der Waals surface area contributed by atoms with Crippen LogP contribution < -0.4 is 15.0 Å². The number of Topliss-reactive ketones (excluding diaryl/α,β-unsaturated/α-hetero) is 1. The molecule has 6 heteroatoms. The summed E-state index contributed by atoms with van der Waals surface area (Å²) in [7, 11) is 0. The number of ketones is 1. The number of aryl methyl sites for hydroxylation is 1. The third-order valence-corrected chi connectivity index (χ3v) is 4.60. The number of benzene rings is 2. The molecule has 0 radical (unpaired) electrons. The van der Waals surface area contributed by atoms with Crippen molar-refractivity contribution >= 4 is 5.78 Å². The average Bonchev–Trinajstić information content (AvgIpc) is 2.73. The van der Waals surface area contributed by atoms with Gasteiger partial charge in [-0.05, 0) is 47.5 Å². The average molecular weight is 379 g/mol. The van der Waals surface area contributed by atoms with Crippen molar-refractivity contribution in [2.45, 2.75) is 13.0 Å². The number of carbonyl (C=O) groups excluding carboxylic acids is 1. The van der Waals surface area contributed by atoms with E-state index in [1.807, 2.05) is 0 Å². The van der Waals surface area contributed by atoms with Gasteiger partial charge in [-0.2, -0.15) is 0 Å². The first-order valence-electron chi connectivity index (χ1n) is 8.99. The lowest BCUT2D eigenvalue weighted by molar-refractivity contribution is 0.0975. The predicted molar refractivity (Wildman–Crippen MR) is 102 cm³/mol. The zero-order chi connectivity index (χ0) is 19.5. The molecule has 3 aromatic rings. The molecule has 1 aliphatic rings. The molecule has 28 heavy (non-hydrogen) atoms. The highest BCUT2D eigenvalue weighted by Gasteiger charge is 2.15. The molecule has 0 amide bonds. The van der Waals surface area contributed by atoms with Gasteiger partial charge in [0.15, 0.2) is 17.3 Å². The molecule has 0 saturated carbocycles. The Morgan fingerprint density at radius 1 is 0.929 bits per heavy atom. The normalized spacial score (nSPS) is 12.6. The quantitative estimate of drug-likeness (QED) is 0.635. The molecule has 0 N–H and O–H groups in total. The molecule has 1 aliphatic heterocycles. The van der Waals surface area contributed by atoms with Crippen LogP contribution in [0.5, 0.6) is 11.5 Å². The van der Waals surface area contributed by atoms with E-state index in [2.05, 4.69) is 0 Å². The minimum Gasteiger partial charge on any atom is -0.486 e. The van der Waals surface area contributed by atoms with Crippen molar-refractivity contribution in [3.05, 3.63) is 82.5 Å². The van der Waals surface area contributed by atoms with Gasteiger partial charge in [-0.15, -0.1) is 0 Å². The summed E-state index contributed by atoms with van der Waals surface area (Å²) in [6.45, 7) is 1.20. The van der Waals surface area contributed by atoms with E-state index in [4.69, 9.17) is 9.47 Å². The Labute approximate surface area is 161 Å². The number of halogens is 1. The van der Waals surface area contributed by atoms with Crippen LogP contribution in [0.3, 0.4) is 0 Å². The highest BCUT2D eigenvalue weighted by molar-refractivity contribution is 5.96. The fourth-order valence-electron chi connectivity index (χ4n) is 3.10. The van der Waals surface area contributed by atoms with Gasteiger partial charge in [0.05, 0.1) is 0 Å². The molecule has 1 aromatic heterocycles. The molecular weight excluding hydrogens is 361 g/mol. The second-order valence-electron chi connectivity index (χ2n) is 6.49. The number of hydrogen-bond acceptors (Lipinski definition) is 4. The van der Waals surface area contributed by atoms with E-state index in [0.717, 1.165) is 11.1 Å².